The van der Waals surface area contributed by atoms with Crippen molar-refractivity contribution in [2.24, 2.45) is 0 Å². The molecule has 0 unspecified atom stereocenters. The number of nitro groups is 1. The molecular weight excluding hydrogens is 387 g/mol. The van der Waals surface area contributed by atoms with Crippen LogP contribution in [0.15, 0.2) is 42.5 Å². The quantitative estimate of drug-likeness (QED) is 0.234. The van der Waals surface area contributed by atoms with E-state index in [9.17, 15) is 10.1 Å². The van der Waals surface area contributed by atoms with Gasteiger partial charge >= 0.3 is 0 Å². The Balaban J connectivity index is 0.00000182. The summed E-state index contributed by atoms with van der Waals surface area (Å²) in [6, 6.07) is 13.0. The fourth-order valence-electron chi connectivity index (χ4n) is 3.35. The van der Waals surface area contributed by atoms with Crippen LogP contribution in [0.1, 0.15) is 13.8 Å². The van der Waals surface area contributed by atoms with Crippen molar-refractivity contribution in [3.63, 3.8) is 0 Å². The molecule has 0 aliphatic rings. The van der Waals surface area contributed by atoms with E-state index in [-0.39, 0.29) is 35.4 Å². The minimum absolute atomic E-state index is 0. The van der Waals surface area contributed by atoms with Crippen LogP contribution in [0, 0.1) is 10.1 Å². The molecule has 3 aromatic rings. The summed E-state index contributed by atoms with van der Waals surface area (Å²) in [5.74, 6) is 0. The summed E-state index contributed by atoms with van der Waals surface area (Å²) in [5, 5.41) is 15.3. The first-order chi connectivity index (χ1) is 12.2. The zero-order valence-electron chi connectivity index (χ0n) is 15.4. The lowest BCUT2D eigenvalue weighted by Gasteiger charge is -2.15. The molecule has 0 amide bonds. The number of hydrogen-bond donors (Lipinski definition) is 2. The largest absolute Gasteiger partial charge is 1.00 e. The van der Waals surface area contributed by atoms with E-state index in [1.807, 2.05) is 30.3 Å². The Morgan fingerprint density at radius 1 is 1.04 bits per heavy atom. The second-order valence-electron chi connectivity index (χ2n) is 6.17. The third kappa shape index (κ3) is 4.84. The van der Waals surface area contributed by atoms with Crippen molar-refractivity contribution in [1.82, 2.24) is 4.98 Å². The number of nitro benzene ring substituents is 1. The van der Waals surface area contributed by atoms with E-state index in [2.05, 4.69) is 24.1 Å². The molecule has 27 heavy (non-hydrogen) atoms. The van der Waals surface area contributed by atoms with Crippen molar-refractivity contribution in [2.45, 2.75) is 13.8 Å². The molecule has 0 atom stereocenters. The average Bonchev–Trinajstić information content (AvgIpc) is 2.63. The van der Waals surface area contributed by atoms with Crippen molar-refractivity contribution in [1.29, 1.82) is 0 Å². The molecule has 0 saturated heterocycles. The number of rotatable bonds is 7. The maximum atomic E-state index is 11.5. The minimum atomic E-state index is -0.314. The van der Waals surface area contributed by atoms with Crippen molar-refractivity contribution in [2.75, 3.05) is 26.2 Å². The Morgan fingerprint density at radius 3 is 2.37 bits per heavy atom. The van der Waals surface area contributed by atoms with Gasteiger partial charge in [-0.05, 0) is 32.0 Å². The normalized spacial score (nSPS) is 10.6. The number of benzene rings is 2. The van der Waals surface area contributed by atoms with Gasteiger partial charge in [0.15, 0.2) is 5.69 Å². The van der Waals surface area contributed by atoms with Gasteiger partial charge in [0, 0.05) is 6.07 Å². The smallest absolute Gasteiger partial charge is 0.284 e. The van der Waals surface area contributed by atoms with Gasteiger partial charge < -0.3 is 35.0 Å². The van der Waals surface area contributed by atoms with E-state index in [1.54, 1.807) is 12.1 Å². The second kappa shape index (κ2) is 10.4. The number of non-ortho nitro benzene ring substituents is 1. The summed E-state index contributed by atoms with van der Waals surface area (Å²) >= 11 is 0. The second-order valence-corrected chi connectivity index (χ2v) is 6.17. The number of hydrogen-bond acceptors (Lipinski definition) is 3. The lowest BCUT2D eigenvalue weighted by Crippen LogP contribution is -3.13. The molecule has 0 aliphatic carbocycles. The van der Waals surface area contributed by atoms with Crippen molar-refractivity contribution in [3.05, 3.63) is 52.6 Å². The Labute approximate surface area is 170 Å². The topological polar surface area (TPSA) is 77.1 Å². The van der Waals surface area contributed by atoms with Gasteiger partial charge in [0.2, 0.25) is 0 Å². The average molecular weight is 411 g/mol. The van der Waals surface area contributed by atoms with Gasteiger partial charge in [0.25, 0.3) is 5.69 Å². The third-order valence-corrected chi connectivity index (χ3v) is 4.77. The standard InChI is InChI=1S/C19H22N4O2.2ClH/c1-3-22(4-2)13-12-20-19-14-8-5-6-9-15(14)21-16-10-7-11-17(18(16)19)23(24)25;;/h5-11H,3-4,12-13H2,1-2H3,(H,20,21);2*1H. The molecule has 0 bridgehead atoms. The van der Waals surface area contributed by atoms with Crippen molar-refractivity contribution >= 4 is 33.2 Å². The summed E-state index contributed by atoms with van der Waals surface area (Å²) in [5.41, 5.74) is 2.60. The van der Waals surface area contributed by atoms with Gasteiger partial charge in [-0.2, -0.15) is 0 Å². The summed E-state index contributed by atoms with van der Waals surface area (Å²) < 4.78 is 0. The van der Waals surface area contributed by atoms with Crippen LogP contribution in [0.4, 0.5) is 11.4 Å². The Hall–Kier alpha value is -1.99. The first-order valence-corrected chi connectivity index (χ1v) is 8.78. The number of aromatic nitrogens is 1. The number of pyridine rings is 1. The number of quaternary nitrogens is 2. The van der Waals surface area contributed by atoms with E-state index >= 15 is 0 Å². The van der Waals surface area contributed by atoms with Crippen LogP contribution in [0.5, 0.6) is 0 Å². The number of nitrogens with zero attached hydrogens (tertiary/aromatic N) is 2. The van der Waals surface area contributed by atoms with E-state index < -0.39 is 0 Å². The molecule has 0 aliphatic heterocycles. The molecule has 0 radical (unpaired) electrons. The van der Waals surface area contributed by atoms with E-state index in [1.165, 1.54) is 4.90 Å². The maximum absolute atomic E-state index is 11.5. The number of nitrogens with two attached hydrogens (primary N) is 1. The van der Waals surface area contributed by atoms with Gasteiger partial charge in [-0.25, -0.2) is 4.98 Å². The Bertz CT molecular complexity index is 917. The molecule has 2 aromatic carbocycles. The third-order valence-electron chi connectivity index (χ3n) is 4.77. The van der Waals surface area contributed by atoms with E-state index in [0.29, 0.717) is 10.9 Å². The van der Waals surface area contributed by atoms with Gasteiger partial charge in [-0.1, -0.05) is 18.2 Å². The highest BCUT2D eigenvalue weighted by Crippen LogP contribution is 2.33. The van der Waals surface area contributed by atoms with Gasteiger partial charge in [-0.15, -0.1) is 0 Å². The summed E-state index contributed by atoms with van der Waals surface area (Å²) in [6.45, 7) is 8.43. The number of nitrogens with one attached hydrogen (secondary N) is 1. The van der Waals surface area contributed by atoms with E-state index in [0.717, 1.165) is 42.8 Å². The molecule has 8 heteroatoms. The van der Waals surface area contributed by atoms with Crippen LogP contribution in [-0.4, -0.2) is 36.1 Å². The fraction of sp³-hybridized carbons (Fsp3) is 0.316. The van der Waals surface area contributed by atoms with Crippen LogP contribution >= 0.6 is 0 Å². The first kappa shape index (κ1) is 23.0. The van der Waals surface area contributed by atoms with Crippen molar-refractivity contribution < 1.29 is 40.0 Å². The van der Waals surface area contributed by atoms with Crippen LogP contribution in [-0.2, 0) is 0 Å². The highest BCUT2D eigenvalue weighted by Gasteiger charge is 2.21. The molecule has 0 saturated carbocycles. The summed E-state index contributed by atoms with van der Waals surface area (Å²) in [7, 11) is 0. The highest BCUT2D eigenvalue weighted by molar-refractivity contribution is 6.07. The van der Waals surface area contributed by atoms with Gasteiger partial charge in [-0.3, -0.25) is 10.1 Å². The van der Waals surface area contributed by atoms with Crippen molar-refractivity contribution in [3.8, 4) is 0 Å². The lowest BCUT2D eigenvalue weighted by atomic mass is 10.1. The highest BCUT2D eigenvalue weighted by atomic mass is 35.5. The van der Waals surface area contributed by atoms with Crippen LogP contribution in [0.3, 0.4) is 0 Å². The molecule has 0 spiro atoms. The molecule has 1 aromatic heterocycles. The maximum Gasteiger partial charge on any atom is 0.284 e. The molecule has 0 fully saturated rings. The molecule has 3 N–H and O–H groups in total. The lowest BCUT2D eigenvalue weighted by molar-refractivity contribution is -0.905. The van der Waals surface area contributed by atoms with E-state index in [4.69, 9.17) is 0 Å². The fourth-order valence-corrected chi connectivity index (χ4v) is 3.35. The number of para-hydroxylation sites is 1. The predicted molar refractivity (Wildman–Crippen MR) is 99.3 cm³/mol. The monoisotopic (exact) mass is 410 g/mol. The van der Waals surface area contributed by atoms with Crippen LogP contribution < -0.4 is 35.0 Å². The zero-order valence-corrected chi connectivity index (χ0v) is 16.9. The molecular formula is C19H24Cl2N4O2. The van der Waals surface area contributed by atoms with Gasteiger partial charge in [0.05, 0.1) is 34.4 Å². The van der Waals surface area contributed by atoms with Crippen LogP contribution in [0.2, 0.25) is 0 Å². The number of fused-ring (bicyclic) bond motifs is 2. The SMILES string of the molecule is CC[NH+](CC)CC[NH2+]c1c2ccccc2nc2cccc([N+](=O)[O-])c12.[Cl-].[Cl-]. The first-order valence-electron chi connectivity index (χ1n) is 8.78. The molecule has 146 valence electrons. The van der Waals surface area contributed by atoms with Gasteiger partial charge in [0.1, 0.15) is 18.5 Å². The Kier molecular flexibility index (Phi) is 8.85. The Morgan fingerprint density at radius 2 is 1.70 bits per heavy atom. The minimum Gasteiger partial charge on any atom is -1.00 e. The summed E-state index contributed by atoms with van der Waals surface area (Å²) in [4.78, 5) is 17.4. The molecule has 6 nitrogen and oxygen atoms in total. The predicted octanol–water partition coefficient (Wildman–Crippen LogP) is -4.58. The molecule has 1 heterocycles. The molecule has 3 rings (SSSR count). The number of halogens is 2. The zero-order chi connectivity index (χ0) is 17.8. The van der Waals surface area contributed by atoms with Crippen LogP contribution in [0.25, 0.3) is 21.8 Å². The summed E-state index contributed by atoms with van der Waals surface area (Å²) in [6.07, 6.45) is 0. The number of likely N-dealkylation sites (N-methyl/N-ethyl adjacent to an activating group) is 1.